The Kier molecular flexibility index (Phi) is 32.4. The Morgan fingerprint density at radius 3 is 1.16 bits per heavy atom. The minimum atomic E-state index is -0.427. The Morgan fingerprint density at radius 1 is 0.514 bits per heavy atom. The molecule has 0 N–H and O–H groups in total. The molecule has 0 unspecified atom stereocenters. The van der Waals surface area contributed by atoms with E-state index < -0.39 is 11.9 Å². The molecule has 37 heavy (non-hydrogen) atoms. The summed E-state index contributed by atoms with van der Waals surface area (Å²) in [5.41, 5.74) is 0. The molecule has 6 heteroatoms. The summed E-state index contributed by atoms with van der Waals surface area (Å²) in [6.45, 7) is 10.3. The van der Waals surface area contributed by atoms with Crippen molar-refractivity contribution in [2.45, 2.75) is 162 Å². The van der Waals surface area contributed by atoms with Gasteiger partial charge in [-0.05, 0) is 19.3 Å². The Balaban J connectivity index is 0. The van der Waals surface area contributed by atoms with Gasteiger partial charge in [0.25, 0.3) is 0 Å². The van der Waals surface area contributed by atoms with E-state index in [1.54, 1.807) is 0 Å². The molecule has 0 aliphatic rings. The van der Waals surface area contributed by atoms with Crippen molar-refractivity contribution < 1.29 is 28.9 Å². The summed E-state index contributed by atoms with van der Waals surface area (Å²) in [6, 6.07) is 0. The second-order valence-corrected chi connectivity index (χ2v) is 9.79. The SMILES string of the molecule is C=CC(=O)OCCCC.CCCCCCCCCCCC(=O)OOC(=O)CCCCCCCCCCC. The lowest BCUT2D eigenvalue weighted by Crippen LogP contribution is -2.11. The fourth-order valence-electron chi connectivity index (χ4n) is 3.71. The zero-order chi connectivity index (χ0) is 27.8. The van der Waals surface area contributed by atoms with Gasteiger partial charge in [0.15, 0.2) is 0 Å². The Bertz CT molecular complexity index is 498. The van der Waals surface area contributed by atoms with Gasteiger partial charge in [0.05, 0.1) is 19.4 Å². The van der Waals surface area contributed by atoms with Crippen LogP contribution in [-0.2, 0) is 28.9 Å². The van der Waals surface area contributed by atoms with E-state index in [0.717, 1.165) is 51.4 Å². The zero-order valence-electron chi connectivity index (χ0n) is 24.5. The maximum Gasteiger partial charge on any atom is 0.355 e. The van der Waals surface area contributed by atoms with Gasteiger partial charge in [-0.3, -0.25) is 0 Å². The van der Waals surface area contributed by atoms with Gasteiger partial charge in [-0.1, -0.05) is 137 Å². The second kappa shape index (κ2) is 32.2. The highest BCUT2D eigenvalue weighted by molar-refractivity contribution is 5.81. The van der Waals surface area contributed by atoms with Crippen molar-refractivity contribution in [3.63, 3.8) is 0 Å². The van der Waals surface area contributed by atoms with E-state index >= 15 is 0 Å². The first-order valence-corrected chi connectivity index (χ1v) is 15.2. The van der Waals surface area contributed by atoms with Gasteiger partial charge in [0, 0.05) is 6.08 Å². The van der Waals surface area contributed by atoms with Crippen LogP contribution in [0.25, 0.3) is 0 Å². The fourth-order valence-corrected chi connectivity index (χ4v) is 3.71. The van der Waals surface area contributed by atoms with E-state index in [1.165, 1.54) is 83.1 Å². The first-order chi connectivity index (χ1) is 18.0. The van der Waals surface area contributed by atoms with Crippen LogP contribution in [0.3, 0.4) is 0 Å². The van der Waals surface area contributed by atoms with Crippen molar-refractivity contribution in [1.82, 2.24) is 0 Å². The van der Waals surface area contributed by atoms with Crippen LogP contribution < -0.4 is 0 Å². The Labute approximate surface area is 228 Å². The summed E-state index contributed by atoms with van der Waals surface area (Å²) in [6.07, 6.45) is 25.5. The highest BCUT2D eigenvalue weighted by atomic mass is 17.2. The first kappa shape index (κ1) is 37.3. The summed E-state index contributed by atoms with van der Waals surface area (Å²) in [5, 5.41) is 0. The summed E-state index contributed by atoms with van der Waals surface area (Å²) in [4.78, 5) is 42.7. The van der Waals surface area contributed by atoms with E-state index in [0.29, 0.717) is 19.4 Å². The molecule has 0 aromatic carbocycles. The predicted octanol–water partition coefficient (Wildman–Crippen LogP) is 9.35. The largest absolute Gasteiger partial charge is 0.463 e. The van der Waals surface area contributed by atoms with Gasteiger partial charge in [-0.2, -0.15) is 0 Å². The summed E-state index contributed by atoms with van der Waals surface area (Å²) >= 11 is 0. The van der Waals surface area contributed by atoms with Crippen molar-refractivity contribution >= 4 is 17.9 Å². The van der Waals surface area contributed by atoms with Crippen molar-refractivity contribution in [2.75, 3.05) is 6.61 Å². The van der Waals surface area contributed by atoms with Crippen LogP contribution in [-0.4, -0.2) is 24.5 Å². The van der Waals surface area contributed by atoms with Crippen LogP contribution in [0, 0.1) is 0 Å². The molecule has 218 valence electrons. The molecule has 0 bridgehead atoms. The van der Waals surface area contributed by atoms with Crippen LogP contribution in [0.4, 0.5) is 0 Å². The number of hydrogen-bond acceptors (Lipinski definition) is 6. The van der Waals surface area contributed by atoms with Gasteiger partial charge in [-0.25, -0.2) is 24.2 Å². The molecule has 0 heterocycles. The maximum atomic E-state index is 11.6. The molecule has 0 spiro atoms. The third-order valence-corrected chi connectivity index (χ3v) is 6.11. The molecule has 6 nitrogen and oxygen atoms in total. The molecule has 0 fully saturated rings. The van der Waals surface area contributed by atoms with Crippen LogP contribution >= 0.6 is 0 Å². The molecular formula is C31H58O6. The molecular weight excluding hydrogens is 468 g/mol. The lowest BCUT2D eigenvalue weighted by Gasteiger charge is -2.04. The molecule has 0 radical (unpaired) electrons. The van der Waals surface area contributed by atoms with Crippen molar-refractivity contribution in [3.8, 4) is 0 Å². The van der Waals surface area contributed by atoms with Crippen LogP contribution in [0.1, 0.15) is 162 Å². The van der Waals surface area contributed by atoms with E-state index in [-0.39, 0.29) is 5.97 Å². The normalized spacial score (nSPS) is 10.2. The molecule has 0 rings (SSSR count). The third kappa shape index (κ3) is 34.1. The smallest absolute Gasteiger partial charge is 0.355 e. The van der Waals surface area contributed by atoms with Gasteiger partial charge >= 0.3 is 17.9 Å². The average molecular weight is 527 g/mol. The third-order valence-electron chi connectivity index (χ3n) is 6.11. The first-order valence-electron chi connectivity index (χ1n) is 15.2. The van der Waals surface area contributed by atoms with Gasteiger partial charge in [0.1, 0.15) is 0 Å². The maximum absolute atomic E-state index is 11.6. The van der Waals surface area contributed by atoms with E-state index in [1.807, 2.05) is 6.92 Å². The fraction of sp³-hybridized carbons (Fsp3) is 0.839. The average Bonchev–Trinajstić information content (AvgIpc) is 2.90. The summed E-state index contributed by atoms with van der Waals surface area (Å²) in [7, 11) is 0. The zero-order valence-corrected chi connectivity index (χ0v) is 24.5. The van der Waals surface area contributed by atoms with Gasteiger partial charge in [-0.15, -0.1) is 0 Å². The van der Waals surface area contributed by atoms with E-state index in [2.05, 4.69) is 34.9 Å². The van der Waals surface area contributed by atoms with Gasteiger partial charge < -0.3 is 4.74 Å². The van der Waals surface area contributed by atoms with Crippen LogP contribution in [0.15, 0.2) is 12.7 Å². The van der Waals surface area contributed by atoms with E-state index in [9.17, 15) is 14.4 Å². The number of carbonyl (C=O) groups is 3. The number of unbranched alkanes of at least 4 members (excludes halogenated alkanes) is 17. The van der Waals surface area contributed by atoms with E-state index in [4.69, 9.17) is 0 Å². The Hall–Kier alpha value is -1.85. The molecule has 0 atom stereocenters. The quantitative estimate of drug-likeness (QED) is 0.0410. The van der Waals surface area contributed by atoms with Crippen LogP contribution in [0.5, 0.6) is 0 Å². The minimum absolute atomic E-state index is 0.330. The standard InChI is InChI=1S/C24H46O4.C7H12O2/c1-3-5-7-9-11-13-15-17-19-21-23(25)27-28-24(26)22-20-18-16-14-12-10-8-6-4-2;1-3-5-6-9-7(8)4-2/h3-22H2,1-2H3;4H,2-3,5-6H2,1H3. The van der Waals surface area contributed by atoms with Crippen molar-refractivity contribution in [3.05, 3.63) is 12.7 Å². The molecule has 0 aliphatic heterocycles. The highest BCUT2D eigenvalue weighted by Gasteiger charge is 2.09. The Morgan fingerprint density at radius 2 is 0.838 bits per heavy atom. The lowest BCUT2D eigenvalue weighted by atomic mass is 10.1. The topological polar surface area (TPSA) is 78.9 Å². The molecule has 0 aromatic rings. The number of esters is 1. The second-order valence-electron chi connectivity index (χ2n) is 9.79. The molecule has 0 saturated heterocycles. The monoisotopic (exact) mass is 526 g/mol. The molecule has 0 aliphatic carbocycles. The van der Waals surface area contributed by atoms with Crippen molar-refractivity contribution in [2.24, 2.45) is 0 Å². The number of ether oxygens (including phenoxy) is 1. The molecule has 0 aromatic heterocycles. The summed E-state index contributed by atoms with van der Waals surface area (Å²) in [5.74, 6) is -1.18. The van der Waals surface area contributed by atoms with Crippen molar-refractivity contribution in [1.29, 1.82) is 0 Å². The molecule has 0 amide bonds. The minimum Gasteiger partial charge on any atom is -0.463 e. The number of hydrogen-bond donors (Lipinski definition) is 0. The predicted molar refractivity (Wildman–Crippen MR) is 152 cm³/mol. The number of rotatable bonds is 24. The summed E-state index contributed by atoms with van der Waals surface area (Å²) < 4.78 is 4.67. The lowest BCUT2D eigenvalue weighted by molar-refractivity contribution is -0.259. The van der Waals surface area contributed by atoms with Crippen LogP contribution in [0.2, 0.25) is 0 Å². The number of carbonyl (C=O) groups excluding carboxylic acids is 3. The molecule has 0 saturated carbocycles. The highest BCUT2D eigenvalue weighted by Crippen LogP contribution is 2.12. The van der Waals surface area contributed by atoms with Gasteiger partial charge in [0.2, 0.25) is 0 Å².